The molecule has 1 rings (SSSR count). The van der Waals surface area contributed by atoms with Crippen molar-refractivity contribution in [2.75, 3.05) is 0 Å². The number of hydrogen-bond donors (Lipinski definition) is 1. The van der Waals surface area contributed by atoms with Crippen molar-refractivity contribution in [1.29, 1.82) is 0 Å². The van der Waals surface area contributed by atoms with Crippen molar-refractivity contribution in [2.24, 2.45) is 23.7 Å². The monoisotopic (exact) mass is 338 g/mol. The molecule has 0 spiro atoms. The smallest absolute Gasteiger partial charge is 0.192 e. The molecule has 0 amide bonds. The van der Waals surface area contributed by atoms with Gasteiger partial charge in [0.25, 0.3) is 0 Å². The number of carbonyl (C=O) groups excluding carboxylic acids is 4. The van der Waals surface area contributed by atoms with Crippen molar-refractivity contribution in [1.82, 2.24) is 0 Å². The topological polar surface area (TPSA) is 88.5 Å². The van der Waals surface area contributed by atoms with E-state index in [-0.39, 0.29) is 31.1 Å². The Morgan fingerprint density at radius 3 is 2.08 bits per heavy atom. The first-order chi connectivity index (χ1) is 11.1. The molecule has 0 heterocycles. The first-order valence-corrected chi connectivity index (χ1v) is 8.93. The van der Waals surface area contributed by atoms with E-state index < -0.39 is 40.6 Å². The molecule has 1 saturated carbocycles. The molecule has 0 bridgehead atoms. The van der Waals surface area contributed by atoms with Crippen LogP contribution in [0, 0.1) is 23.7 Å². The molecule has 24 heavy (non-hydrogen) atoms. The van der Waals surface area contributed by atoms with Gasteiger partial charge in [-0.05, 0) is 24.7 Å². The molecule has 0 aromatic carbocycles. The van der Waals surface area contributed by atoms with E-state index in [1.165, 1.54) is 0 Å². The van der Waals surface area contributed by atoms with E-state index in [1.54, 1.807) is 6.92 Å². The molecule has 0 aromatic heterocycles. The summed E-state index contributed by atoms with van der Waals surface area (Å²) in [6.45, 7) is 9.40. The molecule has 1 N–H and O–H groups in total. The fourth-order valence-electron chi connectivity index (χ4n) is 3.23. The van der Waals surface area contributed by atoms with Gasteiger partial charge in [0.1, 0.15) is 5.92 Å². The van der Waals surface area contributed by atoms with E-state index >= 15 is 0 Å². The number of rotatable bonds is 9. The summed E-state index contributed by atoms with van der Waals surface area (Å²) in [5, 5.41) is 10.9. The molecule has 3 atom stereocenters. The van der Waals surface area contributed by atoms with Gasteiger partial charge in [-0.15, -0.1) is 0 Å². The van der Waals surface area contributed by atoms with E-state index in [2.05, 4.69) is 0 Å². The lowest BCUT2D eigenvalue weighted by Crippen LogP contribution is -2.50. The van der Waals surface area contributed by atoms with Crippen LogP contribution < -0.4 is 0 Å². The third kappa shape index (κ3) is 4.00. The zero-order valence-corrected chi connectivity index (χ0v) is 15.4. The molecule has 0 radical (unpaired) electrons. The average Bonchev–Trinajstić information content (AvgIpc) is 2.70. The summed E-state index contributed by atoms with van der Waals surface area (Å²) < 4.78 is 0. The molecule has 1 fully saturated rings. The number of aliphatic hydroxyl groups is 1. The van der Waals surface area contributed by atoms with Crippen LogP contribution >= 0.6 is 0 Å². The Kier molecular flexibility index (Phi) is 7.02. The minimum Gasteiger partial charge on any atom is -0.374 e. The maximum atomic E-state index is 12.7. The van der Waals surface area contributed by atoms with Crippen molar-refractivity contribution in [3.05, 3.63) is 0 Å². The second-order valence-electron chi connectivity index (χ2n) is 7.67. The minimum atomic E-state index is -2.32. The van der Waals surface area contributed by atoms with Crippen LogP contribution in [0.25, 0.3) is 0 Å². The summed E-state index contributed by atoms with van der Waals surface area (Å²) in [5.41, 5.74) is -2.32. The van der Waals surface area contributed by atoms with Crippen LogP contribution in [0.5, 0.6) is 0 Å². The van der Waals surface area contributed by atoms with Crippen LogP contribution in [0.4, 0.5) is 0 Å². The molecule has 1 aliphatic rings. The van der Waals surface area contributed by atoms with Crippen molar-refractivity contribution >= 4 is 23.1 Å². The lowest BCUT2D eigenvalue weighted by Gasteiger charge is -2.26. The summed E-state index contributed by atoms with van der Waals surface area (Å²) in [4.78, 5) is 49.9. The lowest BCUT2D eigenvalue weighted by molar-refractivity contribution is -0.154. The van der Waals surface area contributed by atoms with Gasteiger partial charge in [-0.1, -0.05) is 41.0 Å². The molecule has 0 aliphatic heterocycles. The summed E-state index contributed by atoms with van der Waals surface area (Å²) in [5.74, 6) is -4.65. The molecule has 5 heteroatoms. The van der Waals surface area contributed by atoms with Crippen molar-refractivity contribution in [2.45, 2.75) is 72.3 Å². The second kappa shape index (κ2) is 8.15. The Bertz CT molecular complexity index is 520. The Labute approximate surface area is 144 Å². The Balaban J connectivity index is 3.18. The Hall–Kier alpha value is -1.36. The summed E-state index contributed by atoms with van der Waals surface area (Å²) in [7, 11) is 0. The van der Waals surface area contributed by atoms with Crippen molar-refractivity contribution in [3.63, 3.8) is 0 Å². The van der Waals surface area contributed by atoms with Crippen LogP contribution in [0.3, 0.4) is 0 Å². The first kappa shape index (κ1) is 20.7. The van der Waals surface area contributed by atoms with Gasteiger partial charge in [0.2, 0.25) is 0 Å². The van der Waals surface area contributed by atoms with E-state index in [0.717, 1.165) is 0 Å². The van der Waals surface area contributed by atoms with Gasteiger partial charge in [-0.25, -0.2) is 0 Å². The molecular weight excluding hydrogens is 308 g/mol. The van der Waals surface area contributed by atoms with Crippen molar-refractivity contribution < 1.29 is 24.3 Å². The third-order valence-corrected chi connectivity index (χ3v) is 4.85. The fraction of sp³-hybridized carbons (Fsp3) is 0.789. The van der Waals surface area contributed by atoms with Gasteiger partial charge in [0.05, 0.1) is 5.92 Å². The SMILES string of the molecule is CCC(=O)C1C(=O)[C@@H](CCC(C)C)C(O)(C(=O)CCC(C)C)C1=O. The van der Waals surface area contributed by atoms with Gasteiger partial charge < -0.3 is 5.11 Å². The van der Waals surface area contributed by atoms with Gasteiger partial charge in [0.15, 0.2) is 28.7 Å². The zero-order chi connectivity index (χ0) is 18.7. The van der Waals surface area contributed by atoms with E-state index in [0.29, 0.717) is 12.8 Å². The minimum absolute atomic E-state index is 0.0370. The molecule has 0 saturated heterocycles. The number of hydrogen-bond acceptors (Lipinski definition) is 5. The Morgan fingerprint density at radius 2 is 1.62 bits per heavy atom. The van der Waals surface area contributed by atoms with Gasteiger partial charge in [-0.2, -0.15) is 0 Å². The molecular formula is C19H30O5. The van der Waals surface area contributed by atoms with Crippen LogP contribution in [-0.4, -0.2) is 33.8 Å². The van der Waals surface area contributed by atoms with Crippen molar-refractivity contribution in [3.8, 4) is 0 Å². The molecule has 5 nitrogen and oxygen atoms in total. The fourth-order valence-corrected chi connectivity index (χ4v) is 3.23. The number of ketones is 4. The predicted octanol–water partition coefficient (Wildman–Crippen LogP) is 2.52. The van der Waals surface area contributed by atoms with E-state index in [1.807, 2.05) is 27.7 Å². The summed E-state index contributed by atoms with van der Waals surface area (Å²) in [6.07, 6.45) is 1.47. The van der Waals surface area contributed by atoms with Crippen LogP contribution in [0.1, 0.15) is 66.7 Å². The maximum Gasteiger partial charge on any atom is 0.192 e. The molecule has 0 aromatic rings. The first-order valence-electron chi connectivity index (χ1n) is 8.93. The van der Waals surface area contributed by atoms with Crippen LogP contribution in [0.15, 0.2) is 0 Å². The van der Waals surface area contributed by atoms with E-state index in [4.69, 9.17) is 0 Å². The Morgan fingerprint density at radius 1 is 1.08 bits per heavy atom. The lowest BCUT2D eigenvalue weighted by atomic mass is 9.79. The quantitative estimate of drug-likeness (QED) is 0.653. The highest BCUT2D eigenvalue weighted by molar-refractivity contribution is 6.33. The highest BCUT2D eigenvalue weighted by Crippen LogP contribution is 2.40. The standard InChI is InChI=1S/C19H30O5/c1-6-14(20)16-17(22)13(9-7-11(2)3)19(24,18(16)23)15(21)10-8-12(4)5/h11-13,16,24H,6-10H2,1-5H3/t13-,16?,19?/m1/s1. The summed E-state index contributed by atoms with van der Waals surface area (Å²) in [6, 6.07) is 0. The van der Waals surface area contributed by atoms with E-state index in [9.17, 15) is 24.3 Å². The average molecular weight is 338 g/mol. The van der Waals surface area contributed by atoms with Crippen LogP contribution in [-0.2, 0) is 19.2 Å². The van der Waals surface area contributed by atoms with Crippen LogP contribution in [0.2, 0.25) is 0 Å². The summed E-state index contributed by atoms with van der Waals surface area (Å²) >= 11 is 0. The van der Waals surface area contributed by atoms with Gasteiger partial charge in [-0.3, -0.25) is 19.2 Å². The second-order valence-corrected chi connectivity index (χ2v) is 7.67. The number of Topliss-reactive ketones (excluding diaryl/α,β-unsaturated/α-hetero) is 4. The third-order valence-electron chi connectivity index (χ3n) is 4.85. The highest BCUT2D eigenvalue weighted by Gasteiger charge is 2.64. The van der Waals surface area contributed by atoms with Gasteiger partial charge >= 0.3 is 0 Å². The predicted molar refractivity (Wildman–Crippen MR) is 90.4 cm³/mol. The maximum absolute atomic E-state index is 12.7. The largest absolute Gasteiger partial charge is 0.374 e. The zero-order valence-electron chi connectivity index (χ0n) is 15.4. The molecule has 1 aliphatic carbocycles. The normalized spacial score (nSPS) is 27.3. The molecule has 136 valence electrons. The number of carbonyl (C=O) groups is 4. The van der Waals surface area contributed by atoms with Gasteiger partial charge in [0, 0.05) is 12.8 Å². The molecule has 2 unspecified atom stereocenters. The highest BCUT2D eigenvalue weighted by atomic mass is 16.3.